The van der Waals surface area contributed by atoms with Gasteiger partial charge in [-0.3, -0.25) is 0 Å². The van der Waals surface area contributed by atoms with Crippen molar-refractivity contribution in [1.82, 2.24) is 9.62 Å². The fourth-order valence-corrected chi connectivity index (χ4v) is 4.34. The Morgan fingerprint density at radius 1 is 1.43 bits per heavy atom. The minimum absolute atomic E-state index is 0.00960. The largest absolute Gasteiger partial charge is 0.326 e. The summed E-state index contributed by atoms with van der Waals surface area (Å²) in [5, 5.41) is 0. The summed E-state index contributed by atoms with van der Waals surface area (Å²) in [6.07, 6.45) is 1.92. The van der Waals surface area contributed by atoms with E-state index in [2.05, 4.69) is 16.5 Å². The second-order valence-electron chi connectivity index (χ2n) is 5.66. The summed E-state index contributed by atoms with van der Waals surface area (Å²) in [6.45, 7) is 7.05. The topological polar surface area (TPSA) is 75.4 Å². The number of piperidine rings is 1. The van der Waals surface area contributed by atoms with Crippen LogP contribution in [-0.4, -0.2) is 39.0 Å². The first kappa shape index (κ1) is 16.4. The number of likely N-dealkylation sites (N-methyl/N-ethyl adjacent to an activating group) is 1. The van der Waals surface area contributed by atoms with Crippen LogP contribution < -0.4 is 10.5 Å². The van der Waals surface area contributed by atoms with Crippen LogP contribution in [0.5, 0.6) is 0 Å². The van der Waals surface area contributed by atoms with Gasteiger partial charge in [0.2, 0.25) is 10.0 Å². The van der Waals surface area contributed by atoms with Crippen LogP contribution in [-0.2, 0) is 16.6 Å². The first-order valence-corrected chi connectivity index (χ1v) is 8.99. The van der Waals surface area contributed by atoms with Crippen LogP contribution in [0.3, 0.4) is 0 Å². The Balaban J connectivity index is 2.18. The van der Waals surface area contributed by atoms with E-state index in [1.807, 2.05) is 19.1 Å². The van der Waals surface area contributed by atoms with Gasteiger partial charge < -0.3 is 10.6 Å². The molecule has 0 saturated carbocycles. The minimum Gasteiger partial charge on any atom is -0.326 e. The van der Waals surface area contributed by atoms with E-state index in [0.29, 0.717) is 11.4 Å². The van der Waals surface area contributed by atoms with Crippen LogP contribution in [0.2, 0.25) is 0 Å². The van der Waals surface area contributed by atoms with Gasteiger partial charge in [-0.25, -0.2) is 13.1 Å². The number of nitrogens with two attached hydrogens (primary N) is 1. The molecule has 6 heteroatoms. The Morgan fingerprint density at radius 2 is 2.19 bits per heavy atom. The third-order valence-corrected chi connectivity index (χ3v) is 5.71. The SMILES string of the molecule is CCN1CCCC(NS(=O)(=O)c2cc(CN)ccc2C)C1. The summed E-state index contributed by atoms with van der Waals surface area (Å²) in [6, 6.07) is 5.35. The van der Waals surface area contributed by atoms with Gasteiger partial charge in [-0.05, 0) is 50.0 Å². The fraction of sp³-hybridized carbons (Fsp3) is 0.600. The summed E-state index contributed by atoms with van der Waals surface area (Å²) in [5.74, 6) is 0. The predicted octanol–water partition coefficient (Wildman–Crippen LogP) is 1.22. The van der Waals surface area contributed by atoms with Gasteiger partial charge in [-0.2, -0.15) is 0 Å². The lowest BCUT2D eigenvalue weighted by atomic mass is 10.1. The standard InChI is InChI=1S/C15H25N3O2S/c1-3-18-8-4-5-14(11-18)17-21(19,20)15-9-13(10-16)7-6-12(15)2/h6-7,9,14,17H,3-5,8,10-11,16H2,1-2H3. The molecule has 1 unspecified atom stereocenters. The van der Waals surface area contributed by atoms with Crippen molar-refractivity contribution in [3.63, 3.8) is 0 Å². The molecule has 1 heterocycles. The van der Waals surface area contributed by atoms with Crippen molar-refractivity contribution in [3.8, 4) is 0 Å². The van der Waals surface area contributed by atoms with Gasteiger partial charge in [0, 0.05) is 19.1 Å². The predicted molar refractivity (Wildman–Crippen MR) is 84.5 cm³/mol. The number of sulfonamides is 1. The highest BCUT2D eigenvalue weighted by molar-refractivity contribution is 7.89. The van der Waals surface area contributed by atoms with Crippen LogP contribution >= 0.6 is 0 Å². The number of nitrogens with one attached hydrogen (secondary N) is 1. The number of rotatable bonds is 5. The van der Waals surface area contributed by atoms with Crippen molar-refractivity contribution >= 4 is 10.0 Å². The highest BCUT2D eigenvalue weighted by Crippen LogP contribution is 2.19. The van der Waals surface area contributed by atoms with Crippen molar-refractivity contribution in [3.05, 3.63) is 29.3 Å². The maximum atomic E-state index is 12.6. The Morgan fingerprint density at radius 3 is 2.86 bits per heavy atom. The molecule has 118 valence electrons. The van der Waals surface area contributed by atoms with Gasteiger partial charge in [-0.1, -0.05) is 19.1 Å². The third kappa shape index (κ3) is 4.03. The van der Waals surface area contributed by atoms with E-state index in [4.69, 9.17) is 5.73 Å². The molecular weight excluding hydrogens is 286 g/mol. The molecule has 0 aromatic heterocycles. The van der Waals surface area contributed by atoms with Gasteiger partial charge in [0.15, 0.2) is 0 Å². The Bertz CT molecular complexity index is 587. The van der Waals surface area contributed by atoms with Gasteiger partial charge in [0.25, 0.3) is 0 Å². The molecule has 0 aliphatic carbocycles. The smallest absolute Gasteiger partial charge is 0.241 e. The van der Waals surface area contributed by atoms with E-state index >= 15 is 0 Å². The first-order valence-electron chi connectivity index (χ1n) is 7.50. The van der Waals surface area contributed by atoms with Crippen LogP contribution in [0, 0.1) is 6.92 Å². The molecule has 21 heavy (non-hydrogen) atoms. The summed E-state index contributed by atoms with van der Waals surface area (Å²) < 4.78 is 28.1. The lowest BCUT2D eigenvalue weighted by Gasteiger charge is -2.32. The molecule has 1 aliphatic heterocycles. The Labute approximate surface area is 127 Å². The maximum Gasteiger partial charge on any atom is 0.241 e. The van der Waals surface area contributed by atoms with Crippen LogP contribution in [0.4, 0.5) is 0 Å². The van der Waals surface area contributed by atoms with Crippen molar-refractivity contribution in [2.75, 3.05) is 19.6 Å². The van der Waals surface area contributed by atoms with E-state index < -0.39 is 10.0 Å². The molecule has 0 radical (unpaired) electrons. The lowest BCUT2D eigenvalue weighted by Crippen LogP contribution is -2.47. The van der Waals surface area contributed by atoms with Crippen molar-refractivity contribution in [2.24, 2.45) is 5.73 Å². The second kappa shape index (κ2) is 6.87. The summed E-state index contributed by atoms with van der Waals surface area (Å²) in [7, 11) is -3.49. The number of likely N-dealkylation sites (tertiary alicyclic amines) is 1. The summed E-state index contributed by atoms with van der Waals surface area (Å²) >= 11 is 0. The molecule has 5 nitrogen and oxygen atoms in total. The zero-order valence-corrected chi connectivity index (χ0v) is 13.6. The first-order chi connectivity index (χ1) is 9.96. The number of nitrogens with zero attached hydrogens (tertiary/aromatic N) is 1. The van der Waals surface area contributed by atoms with Crippen molar-refractivity contribution in [1.29, 1.82) is 0 Å². The second-order valence-corrected chi connectivity index (χ2v) is 7.34. The summed E-state index contributed by atoms with van der Waals surface area (Å²) in [4.78, 5) is 2.62. The normalized spacial score (nSPS) is 20.6. The van der Waals surface area contributed by atoms with E-state index in [-0.39, 0.29) is 6.04 Å². The molecule has 1 fully saturated rings. The van der Waals surface area contributed by atoms with E-state index in [1.54, 1.807) is 6.07 Å². The highest BCUT2D eigenvalue weighted by atomic mass is 32.2. The molecule has 2 rings (SSSR count). The van der Waals surface area contributed by atoms with Crippen LogP contribution in [0.15, 0.2) is 23.1 Å². The van der Waals surface area contributed by atoms with Crippen molar-refractivity contribution in [2.45, 2.75) is 44.2 Å². The molecule has 1 atom stereocenters. The number of benzene rings is 1. The number of hydrogen-bond acceptors (Lipinski definition) is 4. The van der Waals surface area contributed by atoms with Crippen LogP contribution in [0.1, 0.15) is 30.9 Å². The van der Waals surface area contributed by atoms with Gasteiger partial charge in [-0.15, -0.1) is 0 Å². The zero-order valence-electron chi connectivity index (χ0n) is 12.8. The molecule has 3 N–H and O–H groups in total. The quantitative estimate of drug-likeness (QED) is 0.857. The minimum atomic E-state index is -3.49. The molecule has 1 saturated heterocycles. The van der Waals surface area contributed by atoms with Gasteiger partial charge >= 0.3 is 0 Å². The number of aryl methyl sites for hydroxylation is 1. The monoisotopic (exact) mass is 311 g/mol. The molecular formula is C15H25N3O2S. The Kier molecular flexibility index (Phi) is 5.37. The average Bonchev–Trinajstić information content (AvgIpc) is 2.47. The average molecular weight is 311 g/mol. The fourth-order valence-electron chi connectivity index (χ4n) is 2.78. The molecule has 1 aliphatic rings. The highest BCUT2D eigenvalue weighted by Gasteiger charge is 2.25. The van der Waals surface area contributed by atoms with E-state index in [9.17, 15) is 8.42 Å². The molecule has 0 amide bonds. The van der Waals surface area contributed by atoms with Crippen molar-refractivity contribution < 1.29 is 8.42 Å². The molecule has 0 spiro atoms. The van der Waals surface area contributed by atoms with Gasteiger partial charge in [0.05, 0.1) is 4.90 Å². The molecule has 1 aromatic carbocycles. The lowest BCUT2D eigenvalue weighted by molar-refractivity contribution is 0.211. The van der Waals surface area contributed by atoms with Crippen LogP contribution in [0.25, 0.3) is 0 Å². The molecule has 0 bridgehead atoms. The third-order valence-electron chi connectivity index (χ3n) is 4.05. The molecule has 1 aromatic rings. The maximum absolute atomic E-state index is 12.6. The van der Waals surface area contributed by atoms with Gasteiger partial charge in [0.1, 0.15) is 0 Å². The van der Waals surface area contributed by atoms with E-state index in [0.717, 1.165) is 43.6 Å². The number of hydrogen-bond donors (Lipinski definition) is 2. The summed E-state index contributed by atoms with van der Waals surface area (Å²) in [5.41, 5.74) is 7.20. The van der Waals surface area contributed by atoms with E-state index in [1.165, 1.54) is 0 Å². The zero-order chi connectivity index (χ0) is 15.5. The Hall–Kier alpha value is -0.950.